The molecule has 1 heterocycles. The van der Waals surface area contributed by atoms with Crippen LogP contribution in [-0.2, 0) is 6.42 Å². The Hall–Kier alpha value is -1.65. The van der Waals surface area contributed by atoms with Gasteiger partial charge >= 0.3 is 0 Å². The number of aliphatic hydroxyl groups is 1. The lowest BCUT2D eigenvalue weighted by Gasteiger charge is -2.13. The molecule has 0 saturated carbocycles. The lowest BCUT2D eigenvalue weighted by atomic mass is 10.0. The summed E-state index contributed by atoms with van der Waals surface area (Å²) in [6, 6.07) is 5.32. The van der Waals surface area contributed by atoms with Gasteiger partial charge in [0.15, 0.2) is 0 Å². The van der Waals surface area contributed by atoms with E-state index in [-0.39, 0.29) is 0 Å². The highest BCUT2D eigenvalue weighted by atomic mass is 35.5. The number of ether oxygens (including phenoxy) is 1. The number of methoxy groups -OCH3 is 1. The first-order chi connectivity index (χ1) is 8.70. The number of aromatic nitrogens is 2. The zero-order chi connectivity index (χ0) is 13.0. The van der Waals surface area contributed by atoms with E-state index in [2.05, 4.69) is 9.97 Å². The quantitative estimate of drug-likeness (QED) is 0.921. The number of hydrogen-bond acceptors (Lipinski definition) is 4. The van der Waals surface area contributed by atoms with E-state index in [9.17, 15) is 5.11 Å². The van der Waals surface area contributed by atoms with Crippen LogP contribution in [0.25, 0.3) is 0 Å². The molecule has 2 aromatic rings. The SMILES string of the molecule is COc1ccc(Cl)cc1CC(O)c1cncnc1. The molecule has 94 valence electrons. The molecule has 0 bridgehead atoms. The second kappa shape index (κ2) is 5.80. The zero-order valence-corrected chi connectivity index (χ0v) is 10.6. The van der Waals surface area contributed by atoms with Crippen LogP contribution in [0.15, 0.2) is 36.9 Å². The van der Waals surface area contributed by atoms with E-state index in [0.717, 1.165) is 5.56 Å². The molecule has 1 aromatic carbocycles. The second-order valence-corrected chi connectivity index (χ2v) is 4.28. The largest absolute Gasteiger partial charge is 0.496 e. The molecule has 0 aliphatic carbocycles. The predicted molar refractivity (Wildman–Crippen MR) is 68.7 cm³/mol. The minimum atomic E-state index is -0.682. The van der Waals surface area contributed by atoms with Gasteiger partial charge in [-0.25, -0.2) is 9.97 Å². The standard InChI is InChI=1S/C13H13ClN2O2/c1-18-13-3-2-11(14)4-9(13)5-12(17)10-6-15-8-16-7-10/h2-4,6-8,12,17H,5H2,1H3. The number of hydrogen-bond donors (Lipinski definition) is 1. The molecule has 2 rings (SSSR count). The third kappa shape index (κ3) is 2.97. The third-order valence-electron chi connectivity index (χ3n) is 2.62. The summed E-state index contributed by atoms with van der Waals surface area (Å²) < 4.78 is 5.24. The van der Waals surface area contributed by atoms with Crippen LogP contribution in [0.2, 0.25) is 5.02 Å². The molecule has 18 heavy (non-hydrogen) atoms. The van der Waals surface area contributed by atoms with Gasteiger partial charge in [-0.1, -0.05) is 11.6 Å². The molecular weight excluding hydrogens is 252 g/mol. The van der Waals surface area contributed by atoms with Crippen LogP contribution in [0.3, 0.4) is 0 Å². The number of halogens is 1. The van der Waals surface area contributed by atoms with E-state index in [4.69, 9.17) is 16.3 Å². The fourth-order valence-electron chi connectivity index (χ4n) is 1.72. The van der Waals surface area contributed by atoms with Crippen LogP contribution in [0, 0.1) is 0 Å². The van der Waals surface area contributed by atoms with Crippen molar-refractivity contribution in [3.05, 3.63) is 53.1 Å². The first kappa shape index (κ1) is 12.8. The molecule has 0 radical (unpaired) electrons. The predicted octanol–water partition coefficient (Wildman–Crippen LogP) is 2.41. The number of rotatable bonds is 4. The highest BCUT2D eigenvalue weighted by Crippen LogP contribution is 2.27. The maximum absolute atomic E-state index is 10.1. The molecule has 0 aliphatic rings. The van der Waals surface area contributed by atoms with Gasteiger partial charge in [0.1, 0.15) is 12.1 Å². The number of aliphatic hydroxyl groups excluding tert-OH is 1. The van der Waals surface area contributed by atoms with Crippen LogP contribution >= 0.6 is 11.6 Å². The number of nitrogens with zero attached hydrogens (tertiary/aromatic N) is 2. The van der Waals surface area contributed by atoms with Crippen LogP contribution in [-0.4, -0.2) is 22.2 Å². The molecule has 0 spiro atoms. The van der Waals surface area contributed by atoms with E-state index in [1.165, 1.54) is 6.33 Å². The van der Waals surface area contributed by atoms with Crippen LogP contribution < -0.4 is 4.74 Å². The molecule has 0 fully saturated rings. The molecule has 5 heteroatoms. The molecule has 1 N–H and O–H groups in total. The van der Waals surface area contributed by atoms with E-state index in [0.29, 0.717) is 22.8 Å². The fourth-order valence-corrected chi connectivity index (χ4v) is 1.91. The van der Waals surface area contributed by atoms with E-state index >= 15 is 0 Å². The van der Waals surface area contributed by atoms with Gasteiger partial charge in [0.25, 0.3) is 0 Å². The smallest absolute Gasteiger partial charge is 0.122 e. The topological polar surface area (TPSA) is 55.2 Å². The van der Waals surface area contributed by atoms with Crippen molar-refractivity contribution in [2.24, 2.45) is 0 Å². The average molecular weight is 265 g/mol. The van der Waals surface area contributed by atoms with Crippen molar-refractivity contribution in [1.29, 1.82) is 0 Å². The summed E-state index contributed by atoms with van der Waals surface area (Å²) in [6.45, 7) is 0. The third-order valence-corrected chi connectivity index (χ3v) is 2.86. The summed E-state index contributed by atoms with van der Waals surface area (Å²) in [7, 11) is 1.59. The molecule has 0 amide bonds. The van der Waals surface area contributed by atoms with E-state index in [1.807, 2.05) is 0 Å². The van der Waals surface area contributed by atoms with Gasteiger partial charge in [0, 0.05) is 29.4 Å². The van der Waals surface area contributed by atoms with Crippen molar-refractivity contribution in [3.63, 3.8) is 0 Å². The molecule has 0 aliphatic heterocycles. The van der Waals surface area contributed by atoms with Gasteiger partial charge in [0.05, 0.1) is 13.2 Å². The fraction of sp³-hybridized carbons (Fsp3) is 0.231. The summed E-state index contributed by atoms with van der Waals surface area (Å²) in [5, 5.41) is 10.7. The van der Waals surface area contributed by atoms with Crippen LogP contribution in [0.5, 0.6) is 5.75 Å². The summed E-state index contributed by atoms with van der Waals surface area (Å²) in [4.78, 5) is 7.76. The summed E-state index contributed by atoms with van der Waals surface area (Å²) >= 11 is 5.94. The Bertz CT molecular complexity index is 520. The Morgan fingerprint density at radius 3 is 2.72 bits per heavy atom. The van der Waals surface area contributed by atoms with E-state index in [1.54, 1.807) is 37.7 Å². The first-order valence-corrected chi connectivity index (χ1v) is 5.84. The summed E-state index contributed by atoms with van der Waals surface area (Å²) in [6.07, 6.45) is 4.33. The second-order valence-electron chi connectivity index (χ2n) is 3.85. The summed E-state index contributed by atoms with van der Waals surface area (Å²) in [5.74, 6) is 0.704. The Balaban J connectivity index is 2.21. The highest BCUT2D eigenvalue weighted by Gasteiger charge is 2.12. The van der Waals surface area contributed by atoms with Gasteiger partial charge in [-0.2, -0.15) is 0 Å². The van der Waals surface area contributed by atoms with Gasteiger partial charge in [-0.05, 0) is 23.8 Å². The highest BCUT2D eigenvalue weighted by molar-refractivity contribution is 6.30. The molecule has 1 aromatic heterocycles. The molecule has 1 atom stereocenters. The normalized spacial score (nSPS) is 12.2. The van der Waals surface area contributed by atoms with Crippen molar-refractivity contribution < 1.29 is 9.84 Å². The lowest BCUT2D eigenvalue weighted by molar-refractivity contribution is 0.176. The minimum absolute atomic E-state index is 0.400. The Morgan fingerprint density at radius 1 is 1.33 bits per heavy atom. The minimum Gasteiger partial charge on any atom is -0.496 e. The maximum atomic E-state index is 10.1. The summed E-state index contributed by atoms with van der Waals surface area (Å²) in [5.41, 5.74) is 1.51. The van der Waals surface area contributed by atoms with Crippen molar-refractivity contribution in [1.82, 2.24) is 9.97 Å². The van der Waals surface area contributed by atoms with Crippen LogP contribution in [0.1, 0.15) is 17.2 Å². The monoisotopic (exact) mass is 264 g/mol. The number of benzene rings is 1. The average Bonchev–Trinajstić information content (AvgIpc) is 2.40. The molecular formula is C13H13ClN2O2. The van der Waals surface area contributed by atoms with Crippen molar-refractivity contribution in [3.8, 4) is 5.75 Å². The van der Waals surface area contributed by atoms with Gasteiger partial charge in [-0.15, -0.1) is 0 Å². The van der Waals surface area contributed by atoms with Gasteiger partial charge in [-0.3, -0.25) is 0 Å². The molecule has 0 saturated heterocycles. The molecule has 4 nitrogen and oxygen atoms in total. The maximum Gasteiger partial charge on any atom is 0.122 e. The Labute approximate surface area is 110 Å². The lowest BCUT2D eigenvalue weighted by Crippen LogP contribution is -2.04. The first-order valence-electron chi connectivity index (χ1n) is 5.46. The molecule has 1 unspecified atom stereocenters. The van der Waals surface area contributed by atoms with Crippen molar-refractivity contribution in [2.75, 3.05) is 7.11 Å². The van der Waals surface area contributed by atoms with Gasteiger partial charge in [0.2, 0.25) is 0 Å². The zero-order valence-electron chi connectivity index (χ0n) is 9.88. The Kier molecular flexibility index (Phi) is 4.12. The van der Waals surface area contributed by atoms with Crippen LogP contribution in [0.4, 0.5) is 0 Å². The van der Waals surface area contributed by atoms with E-state index < -0.39 is 6.10 Å². The van der Waals surface area contributed by atoms with Gasteiger partial charge < -0.3 is 9.84 Å². The van der Waals surface area contributed by atoms with Crippen molar-refractivity contribution >= 4 is 11.6 Å². The van der Waals surface area contributed by atoms with Crippen molar-refractivity contribution in [2.45, 2.75) is 12.5 Å². The Morgan fingerprint density at radius 2 is 2.06 bits per heavy atom.